The molecule has 2 atom stereocenters. The van der Waals surface area contributed by atoms with Crippen molar-refractivity contribution in [3.05, 3.63) is 18.2 Å². The molecule has 0 radical (unpaired) electrons. The number of aromatic nitrogens is 2. The number of hydrogen-bond acceptors (Lipinski definition) is 3. The summed E-state index contributed by atoms with van der Waals surface area (Å²) in [7, 11) is 0. The monoisotopic (exact) mass is 266 g/mol. The van der Waals surface area contributed by atoms with Crippen LogP contribution in [-0.4, -0.2) is 33.4 Å². The highest BCUT2D eigenvalue weighted by molar-refractivity contribution is 5.80. The van der Waals surface area contributed by atoms with Crippen molar-refractivity contribution in [3.8, 4) is 0 Å². The van der Waals surface area contributed by atoms with Crippen molar-refractivity contribution in [1.29, 1.82) is 0 Å². The highest BCUT2D eigenvalue weighted by Crippen LogP contribution is 2.22. The molecule has 1 heterocycles. The van der Waals surface area contributed by atoms with Gasteiger partial charge in [0.2, 0.25) is 5.91 Å². The smallest absolute Gasteiger partial charge is 0.245 e. The second-order valence-corrected chi connectivity index (χ2v) is 5.18. The van der Waals surface area contributed by atoms with Crippen molar-refractivity contribution in [2.24, 2.45) is 11.7 Å². The van der Waals surface area contributed by atoms with Crippen molar-refractivity contribution in [3.63, 3.8) is 0 Å². The summed E-state index contributed by atoms with van der Waals surface area (Å²) in [6.45, 7) is 11.5. The van der Waals surface area contributed by atoms with Gasteiger partial charge in [-0.05, 0) is 26.7 Å². The second kappa shape index (κ2) is 6.70. The van der Waals surface area contributed by atoms with Crippen LogP contribution >= 0.6 is 0 Å². The van der Waals surface area contributed by atoms with Crippen LogP contribution in [0.1, 0.15) is 52.4 Å². The van der Waals surface area contributed by atoms with E-state index in [9.17, 15) is 4.79 Å². The Morgan fingerprint density at radius 2 is 1.95 bits per heavy atom. The van der Waals surface area contributed by atoms with Crippen LogP contribution in [0, 0.1) is 5.92 Å². The van der Waals surface area contributed by atoms with E-state index < -0.39 is 0 Å². The third kappa shape index (κ3) is 3.35. The van der Waals surface area contributed by atoms with Crippen LogP contribution in [0.5, 0.6) is 0 Å². The van der Waals surface area contributed by atoms with Gasteiger partial charge in [-0.2, -0.15) is 0 Å². The van der Waals surface area contributed by atoms with Crippen molar-refractivity contribution in [2.45, 2.75) is 46.7 Å². The maximum atomic E-state index is 12.4. The zero-order valence-electron chi connectivity index (χ0n) is 12.6. The number of amides is 1. The van der Waals surface area contributed by atoms with E-state index in [1.807, 2.05) is 30.2 Å². The molecule has 5 heteroatoms. The Bertz CT molecular complexity index is 409. The van der Waals surface area contributed by atoms with Crippen molar-refractivity contribution in [2.75, 3.05) is 13.1 Å². The first kappa shape index (κ1) is 15.7. The van der Waals surface area contributed by atoms with Gasteiger partial charge in [0.05, 0.1) is 12.0 Å². The second-order valence-electron chi connectivity index (χ2n) is 5.18. The molecule has 1 aromatic heterocycles. The van der Waals surface area contributed by atoms with Crippen LogP contribution in [-0.2, 0) is 4.79 Å². The average molecular weight is 266 g/mol. The molecule has 1 aromatic rings. The number of likely N-dealkylation sites (N-methyl/N-ethyl adjacent to an activating group) is 1. The van der Waals surface area contributed by atoms with Crippen LogP contribution in [0.4, 0.5) is 0 Å². The molecule has 0 aromatic carbocycles. The van der Waals surface area contributed by atoms with Crippen LogP contribution in [0.25, 0.3) is 0 Å². The van der Waals surface area contributed by atoms with E-state index >= 15 is 0 Å². The molecule has 0 aliphatic heterocycles. The molecule has 1 rings (SSSR count). The summed E-state index contributed by atoms with van der Waals surface area (Å²) < 4.78 is 1.89. The number of nitrogens with two attached hydrogens (primary N) is 1. The average Bonchev–Trinajstić information content (AvgIpc) is 2.87. The summed E-state index contributed by atoms with van der Waals surface area (Å²) in [6.07, 6.45) is 3.46. The van der Waals surface area contributed by atoms with E-state index in [1.165, 1.54) is 0 Å². The van der Waals surface area contributed by atoms with Gasteiger partial charge in [0, 0.05) is 25.3 Å². The Kier molecular flexibility index (Phi) is 5.54. The molecule has 1 amide bonds. The summed E-state index contributed by atoms with van der Waals surface area (Å²) >= 11 is 0. The zero-order valence-corrected chi connectivity index (χ0v) is 12.6. The van der Waals surface area contributed by atoms with Crippen LogP contribution in [0.15, 0.2) is 12.5 Å². The molecule has 2 N–H and O–H groups in total. The molecule has 0 bridgehead atoms. The molecule has 0 saturated carbocycles. The molecule has 19 heavy (non-hydrogen) atoms. The predicted molar refractivity (Wildman–Crippen MR) is 76.6 cm³/mol. The molecule has 0 spiro atoms. The Labute approximate surface area is 115 Å². The Morgan fingerprint density at radius 1 is 1.37 bits per heavy atom. The van der Waals surface area contributed by atoms with Crippen LogP contribution < -0.4 is 5.73 Å². The largest absolute Gasteiger partial charge is 0.341 e. The fourth-order valence-electron chi connectivity index (χ4n) is 2.16. The lowest BCUT2D eigenvalue weighted by Gasteiger charge is -2.26. The molecular weight excluding hydrogens is 240 g/mol. The van der Waals surface area contributed by atoms with E-state index in [1.54, 1.807) is 12.5 Å². The van der Waals surface area contributed by atoms with E-state index in [-0.39, 0.29) is 18.0 Å². The van der Waals surface area contributed by atoms with Gasteiger partial charge in [-0.3, -0.25) is 4.79 Å². The number of carbonyl (C=O) groups is 1. The van der Waals surface area contributed by atoms with E-state index in [2.05, 4.69) is 18.8 Å². The minimum atomic E-state index is -0.262. The first-order valence-corrected chi connectivity index (χ1v) is 7.00. The van der Waals surface area contributed by atoms with Gasteiger partial charge in [0.1, 0.15) is 6.04 Å². The number of rotatable bonds is 6. The summed E-state index contributed by atoms with van der Waals surface area (Å²) in [5, 5.41) is 0. The SMILES string of the molecule is CCN(CC)C(=O)C(C)n1cncc1C(N)C(C)C. The summed E-state index contributed by atoms with van der Waals surface area (Å²) in [4.78, 5) is 18.4. The van der Waals surface area contributed by atoms with Gasteiger partial charge < -0.3 is 15.2 Å². The number of imidazole rings is 1. The Balaban J connectivity index is 2.97. The molecule has 2 unspecified atom stereocenters. The maximum Gasteiger partial charge on any atom is 0.245 e. The van der Waals surface area contributed by atoms with Crippen molar-refractivity contribution < 1.29 is 4.79 Å². The lowest BCUT2D eigenvalue weighted by Crippen LogP contribution is -2.37. The van der Waals surface area contributed by atoms with Gasteiger partial charge >= 0.3 is 0 Å². The quantitative estimate of drug-likeness (QED) is 0.856. The minimum Gasteiger partial charge on any atom is -0.341 e. The fraction of sp³-hybridized carbons (Fsp3) is 0.714. The molecule has 0 saturated heterocycles. The standard InChI is InChI=1S/C14H26N4O/c1-6-17(7-2)14(19)11(5)18-9-16-8-12(18)13(15)10(3)4/h8-11,13H,6-7,15H2,1-5H3. The lowest BCUT2D eigenvalue weighted by molar-refractivity contribution is -0.133. The Morgan fingerprint density at radius 3 is 2.42 bits per heavy atom. The van der Waals surface area contributed by atoms with E-state index in [0.717, 1.165) is 18.8 Å². The molecule has 108 valence electrons. The minimum absolute atomic E-state index is 0.102. The normalized spacial score (nSPS) is 14.5. The van der Waals surface area contributed by atoms with Crippen molar-refractivity contribution in [1.82, 2.24) is 14.5 Å². The van der Waals surface area contributed by atoms with Crippen molar-refractivity contribution >= 4 is 5.91 Å². The van der Waals surface area contributed by atoms with Gasteiger partial charge in [-0.25, -0.2) is 4.98 Å². The van der Waals surface area contributed by atoms with Crippen LogP contribution in [0.3, 0.4) is 0 Å². The highest BCUT2D eigenvalue weighted by atomic mass is 16.2. The summed E-state index contributed by atoms with van der Waals surface area (Å²) in [5.41, 5.74) is 7.10. The zero-order chi connectivity index (χ0) is 14.6. The fourth-order valence-corrected chi connectivity index (χ4v) is 2.16. The first-order valence-electron chi connectivity index (χ1n) is 7.00. The number of nitrogens with zero attached hydrogens (tertiary/aromatic N) is 3. The third-order valence-corrected chi connectivity index (χ3v) is 3.61. The molecule has 0 fully saturated rings. The van der Waals surface area contributed by atoms with Gasteiger partial charge in [-0.1, -0.05) is 13.8 Å². The third-order valence-electron chi connectivity index (χ3n) is 3.61. The summed E-state index contributed by atoms with van der Waals surface area (Å²) in [6, 6.07) is -0.364. The van der Waals surface area contributed by atoms with Gasteiger partial charge in [0.25, 0.3) is 0 Å². The molecule has 5 nitrogen and oxygen atoms in total. The summed E-state index contributed by atoms with van der Waals surface area (Å²) in [5.74, 6) is 0.423. The molecule has 0 aliphatic carbocycles. The highest BCUT2D eigenvalue weighted by Gasteiger charge is 2.24. The van der Waals surface area contributed by atoms with Gasteiger partial charge in [-0.15, -0.1) is 0 Å². The molecule has 0 aliphatic rings. The molecular formula is C14H26N4O. The Hall–Kier alpha value is -1.36. The maximum absolute atomic E-state index is 12.4. The topological polar surface area (TPSA) is 64.2 Å². The van der Waals surface area contributed by atoms with Crippen LogP contribution in [0.2, 0.25) is 0 Å². The predicted octanol–water partition coefficient (Wildman–Crippen LogP) is 1.97. The number of hydrogen-bond donors (Lipinski definition) is 1. The van der Waals surface area contributed by atoms with E-state index in [0.29, 0.717) is 5.92 Å². The first-order chi connectivity index (χ1) is 8.93. The number of carbonyl (C=O) groups excluding carboxylic acids is 1. The van der Waals surface area contributed by atoms with Gasteiger partial charge in [0.15, 0.2) is 0 Å². The van der Waals surface area contributed by atoms with E-state index in [4.69, 9.17) is 5.73 Å². The lowest BCUT2D eigenvalue weighted by atomic mass is 10.0.